The highest BCUT2D eigenvalue weighted by atomic mass is 35.5. The average molecular weight is 356 g/mol. The van der Waals surface area contributed by atoms with Gasteiger partial charge in [0, 0.05) is 6.04 Å². The van der Waals surface area contributed by atoms with Crippen LogP contribution in [0.4, 0.5) is 0 Å². The van der Waals surface area contributed by atoms with Crippen LogP contribution >= 0.6 is 12.4 Å². The first-order valence-electron chi connectivity index (χ1n) is 9.21. The Kier molecular flexibility index (Phi) is 7.49. The van der Waals surface area contributed by atoms with Crippen molar-refractivity contribution >= 4 is 18.3 Å². The van der Waals surface area contributed by atoms with E-state index >= 15 is 0 Å². The fraction of sp³-hybridized carbons (Fsp3) is 0.824. The summed E-state index contributed by atoms with van der Waals surface area (Å²) in [5.74, 6) is 0.600. The maximum Gasteiger partial charge on any atom is 0.273 e. The van der Waals surface area contributed by atoms with Crippen molar-refractivity contribution < 1.29 is 4.79 Å². The van der Waals surface area contributed by atoms with Crippen molar-refractivity contribution in [3.8, 4) is 0 Å². The number of unbranched alkanes of at least 4 members (excludes halogenated alkanes) is 1. The summed E-state index contributed by atoms with van der Waals surface area (Å²) in [5, 5.41) is 14.9. The predicted octanol–water partition coefficient (Wildman–Crippen LogP) is 2.71. The number of rotatable bonds is 7. The largest absolute Gasteiger partial charge is 0.348 e. The number of hydrogen-bond donors (Lipinski definition) is 2. The molecular formula is C17H30ClN5O. The number of aromatic nitrogens is 3. The van der Waals surface area contributed by atoms with Crippen molar-refractivity contribution in [2.45, 2.75) is 70.4 Å². The molecular weight excluding hydrogens is 326 g/mol. The third kappa shape index (κ3) is 4.70. The molecule has 1 aromatic rings. The van der Waals surface area contributed by atoms with Gasteiger partial charge in [-0.3, -0.25) is 4.79 Å². The van der Waals surface area contributed by atoms with E-state index in [9.17, 15) is 4.79 Å². The molecule has 1 unspecified atom stereocenters. The molecule has 3 rings (SSSR count). The molecule has 0 bridgehead atoms. The topological polar surface area (TPSA) is 71.8 Å². The molecule has 2 fully saturated rings. The number of nitrogens with zero attached hydrogens (tertiary/aromatic N) is 3. The molecule has 1 amide bonds. The molecule has 1 aromatic heterocycles. The first-order valence-corrected chi connectivity index (χ1v) is 9.21. The summed E-state index contributed by atoms with van der Waals surface area (Å²) >= 11 is 0. The van der Waals surface area contributed by atoms with Crippen LogP contribution in [0, 0.1) is 5.92 Å². The molecule has 2 heterocycles. The lowest BCUT2D eigenvalue weighted by atomic mass is 9.78. The number of halogens is 1. The molecule has 24 heavy (non-hydrogen) atoms. The molecule has 0 radical (unpaired) electrons. The number of piperidine rings is 1. The van der Waals surface area contributed by atoms with E-state index in [0.717, 1.165) is 32.4 Å². The fourth-order valence-corrected chi connectivity index (χ4v) is 3.56. The van der Waals surface area contributed by atoms with Crippen molar-refractivity contribution in [3.63, 3.8) is 0 Å². The molecule has 0 spiro atoms. The van der Waals surface area contributed by atoms with E-state index in [4.69, 9.17) is 0 Å². The molecule has 7 heteroatoms. The summed E-state index contributed by atoms with van der Waals surface area (Å²) in [6.07, 6.45) is 11.1. The molecule has 2 aliphatic rings. The standard InChI is InChI=1S/C17H29N5O.ClH/c1-2-3-7-15(13-5-4-6-13)19-17(23)16-12-22(21-20-16)14-8-10-18-11-9-14;/h12-15,18H,2-11H2,1H3,(H,19,23);1H. The Morgan fingerprint density at radius 2 is 2.12 bits per heavy atom. The summed E-state index contributed by atoms with van der Waals surface area (Å²) in [5.41, 5.74) is 0.462. The SMILES string of the molecule is CCCCC(NC(=O)c1cn(C2CCNCC2)nn1)C1CCC1.Cl. The number of hydrogen-bond acceptors (Lipinski definition) is 4. The van der Waals surface area contributed by atoms with Crippen molar-refractivity contribution in [1.29, 1.82) is 0 Å². The van der Waals surface area contributed by atoms with Crippen LogP contribution in [0.5, 0.6) is 0 Å². The number of nitrogens with one attached hydrogen (secondary N) is 2. The van der Waals surface area contributed by atoms with E-state index in [1.807, 2.05) is 10.9 Å². The van der Waals surface area contributed by atoms with E-state index in [-0.39, 0.29) is 18.3 Å². The predicted molar refractivity (Wildman–Crippen MR) is 96.5 cm³/mol. The molecule has 136 valence electrons. The zero-order valence-corrected chi connectivity index (χ0v) is 15.4. The van der Waals surface area contributed by atoms with Gasteiger partial charge in [-0.25, -0.2) is 4.68 Å². The number of carbonyl (C=O) groups is 1. The summed E-state index contributed by atoms with van der Waals surface area (Å²) in [6, 6.07) is 0.674. The second-order valence-electron chi connectivity index (χ2n) is 6.98. The first-order chi connectivity index (χ1) is 11.3. The van der Waals surface area contributed by atoms with Crippen LogP contribution in [0.1, 0.15) is 74.8 Å². The van der Waals surface area contributed by atoms with Crippen LogP contribution in [0.15, 0.2) is 6.20 Å². The first kappa shape index (κ1) is 19.2. The van der Waals surface area contributed by atoms with Gasteiger partial charge in [0.2, 0.25) is 0 Å². The number of amides is 1. The second-order valence-corrected chi connectivity index (χ2v) is 6.98. The smallest absolute Gasteiger partial charge is 0.273 e. The Hall–Kier alpha value is -1.14. The molecule has 1 saturated heterocycles. The number of carbonyl (C=O) groups excluding carboxylic acids is 1. The van der Waals surface area contributed by atoms with Gasteiger partial charge in [-0.2, -0.15) is 0 Å². The van der Waals surface area contributed by atoms with Gasteiger partial charge in [-0.05, 0) is 51.1 Å². The molecule has 2 N–H and O–H groups in total. The highest BCUT2D eigenvalue weighted by Gasteiger charge is 2.29. The minimum absolute atomic E-state index is 0. The van der Waals surface area contributed by atoms with Gasteiger partial charge in [0.15, 0.2) is 5.69 Å². The minimum atomic E-state index is -0.0572. The Labute approximate surface area is 150 Å². The minimum Gasteiger partial charge on any atom is -0.348 e. The molecule has 1 saturated carbocycles. The maximum absolute atomic E-state index is 12.5. The third-order valence-electron chi connectivity index (χ3n) is 5.33. The second kappa shape index (κ2) is 9.37. The lowest BCUT2D eigenvalue weighted by Gasteiger charge is -2.34. The van der Waals surface area contributed by atoms with Gasteiger partial charge in [0.05, 0.1) is 12.2 Å². The summed E-state index contributed by atoms with van der Waals surface area (Å²) < 4.78 is 1.88. The fourth-order valence-electron chi connectivity index (χ4n) is 3.56. The van der Waals surface area contributed by atoms with Crippen molar-refractivity contribution in [3.05, 3.63) is 11.9 Å². The maximum atomic E-state index is 12.5. The lowest BCUT2D eigenvalue weighted by Crippen LogP contribution is -2.43. The summed E-state index contributed by atoms with van der Waals surface area (Å²) in [7, 11) is 0. The van der Waals surface area contributed by atoms with E-state index in [1.54, 1.807) is 0 Å². The Morgan fingerprint density at radius 1 is 1.38 bits per heavy atom. The third-order valence-corrected chi connectivity index (χ3v) is 5.33. The summed E-state index contributed by atoms with van der Waals surface area (Å²) in [6.45, 7) is 4.21. The summed E-state index contributed by atoms with van der Waals surface area (Å²) in [4.78, 5) is 12.5. The molecule has 1 atom stereocenters. The monoisotopic (exact) mass is 355 g/mol. The van der Waals surface area contributed by atoms with Crippen molar-refractivity contribution in [1.82, 2.24) is 25.6 Å². The Balaban J connectivity index is 0.00000208. The van der Waals surface area contributed by atoms with Gasteiger partial charge in [0.25, 0.3) is 5.91 Å². The quantitative estimate of drug-likeness (QED) is 0.788. The molecule has 0 aromatic carbocycles. The molecule has 1 aliphatic heterocycles. The van der Waals surface area contributed by atoms with Crippen LogP contribution < -0.4 is 10.6 Å². The van der Waals surface area contributed by atoms with E-state index in [0.29, 0.717) is 23.7 Å². The Bertz CT molecular complexity index is 511. The van der Waals surface area contributed by atoms with Crippen LogP contribution in [0.25, 0.3) is 0 Å². The zero-order chi connectivity index (χ0) is 16.1. The van der Waals surface area contributed by atoms with Crippen LogP contribution in [-0.4, -0.2) is 40.0 Å². The normalized spacial score (nSPS) is 20.0. The molecule has 1 aliphatic carbocycles. The van der Waals surface area contributed by atoms with Crippen molar-refractivity contribution in [2.24, 2.45) is 5.92 Å². The van der Waals surface area contributed by atoms with Gasteiger partial charge in [-0.1, -0.05) is 31.4 Å². The van der Waals surface area contributed by atoms with Gasteiger partial charge < -0.3 is 10.6 Å². The Morgan fingerprint density at radius 3 is 2.75 bits per heavy atom. The van der Waals surface area contributed by atoms with E-state index < -0.39 is 0 Å². The van der Waals surface area contributed by atoms with Crippen molar-refractivity contribution in [2.75, 3.05) is 13.1 Å². The van der Waals surface area contributed by atoms with Crippen LogP contribution in [-0.2, 0) is 0 Å². The van der Waals surface area contributed by atoms with Gasteiger partial charge >= 0.3 is 0 Å². The lowest BCUT2D eigenvalue weighted by molar-refractivity contribution is 0.0890. The van der Waals surface area contributed by atoms with Gasteiger partial charge in [0.1, 0.15) is 0 Å². The van der Waals surface area contributed by atoms with Gasteiger partial charge in [-0.15, -0.1) is 17.5 Å². The zero-order valence-electron chi connectivity index (χ0n) is 14.5. The molecule has 6 nitrogen and oxygen atoms in total. The van der Waals surface area contributed by atoms with Crippen LogP contribution in [0.3, 0.4) is 0 Å². The van der Waals surface area contributed by atoms with Crippen LogP contribution in [0.2, 0.25) is 0 Å². The average Bonchev–Trinajstić information content (AvgIpc) is 3.02. The van der Waals surface area contributed by atoms with E-state index in [2.05, 4.69) is 27.9 Å². The van der Waals surface area contributed by atoms with E-state index in [1.165, 1.54) is 32.1 Å². The highest BCUT2D eigenvalue weighted by Crippen LogP contribution is 2.31. The highest BCUT2D eigenvalue weighted by molar-refractivity contribution is 5.92.